The molecule has 0 spiro atoms. The third-order valence-corrected chi connectivity index (χ3v) is 5.18. The number of methoxy groups -OCH3 is 1. The fourth-order valence-electron chi connectivity index (χ4n) is 3.73. The zero-order valence-electron chi connectivity index (χ0n) is 17.1. The highest BCUT2D eigenvalue weighted by Crippen LogP contribution is 2.41. The zero-order chi connectivity index (χ0) is 20.9. The summed E-state index contributed by atoms with van der Waals surface area (Å²) in [4.78, 5) is 12.2. The smallest absolute Gasteiger partial charge is 0.226 e. The summed E-state index contributed by atoms with van der Waals surface area (Å²) in [6.45, 7) is 2.88. The number of rotatable bonds is 8. The van der Waals surface area contributed by atoms with Crippen molar-refractivity contribution in [3.63, 3.8) is 0 Å². The van der Waals surface area contributed by atoms with E-state index < -0.39 is 0 Å². The third-order valence-electron chi connectivity index (χ3n) is 5.18. The van der Waals surface area contributed by atoms with Crippen LogP contribution in [-0.2, 0) is 11.2 Å². The maximum absolute atomic E-state index is 12.2. The van der Waals surface area contributed by atoms with Crippen LogP contribution < -0.4 is 19.5 Å². The second kappa shape index (κ2) is 8.90. The number of H-pyrrole nitrogens is 1. The number of hydrogen-bond donors (Lipinski definition) is 2. The van der Waals surface area contributed by atoms with Crippen molar-refractivity contribution < 1.29 is 19.0 Å². The van der Waals surface area contributed by atoms with Crippen molar-refractivity contribution in [2.24, 2.45) is 0 Å². The summed E-state index contributed by atoms with van der Waals surface area (Å²) in [5, 5.41) is 10.2. The number of para-hydroxylation sites is 1. The van der Waals surface area contributed by atoms with Crippen molar-refractivity contribution >= 4 is 11.7 Å². The van der Waals surface area contributed by atoms with Crippen molar-refractivity contribution in [3.8, 4) is 17.2 Å². The number of anilines is 1. The van der Waals surface area contributed by atoms with Gasteiger partial charge in [0.05, 0.1) is 7.11 Å². The van der Waals surface area contributed by atoms with Gasteiger partial charge in [0, 0.05) is 23.6 Å². The van der Waals surface area contributed by atoms with Crippen LogP contribution in [-0.4, -0.2) is 36.4 Å². The number of ether oxygens (including phenoxy) is 3. The van der Waals surface area contributed by atoms with Gasteiger partial charge < -0.3 is 19.5 Å². The number of carbonyl (C=O) groups is 1. The van der Waals surface area contributed by atoms with Crippen LogP contribution in [0.2, 0.25) is 0 Å². The lowest BCUT2D eigenvalue weighted by molar-refractivity contribution is -0.116. The van der Waals surface area contributed by atoms with E-state index in [1.807, 2.05) is 48.5 Å². The van der Waals surface area contributed by atoms with Crippen molar-refractivity contribution in [1.29, 1.82) is 0 Å². The molecule has 2 heterocycles. The first kappa shape index (κ1) is 19.8. The molecule has 2 aromatic carbocycles. The number of benzene rings is 2. The lowest BCUT2D eigenvalue weighted by Gasteiger charge is -2.24. The SMILES string of the molecule is CCc1[nH]nc2c1C(c1ccc(OCCOc3ccccc3)c(OC)c1)CC(=O)N2. The molecule has 1 unspecified atom stereocenters. The normalized spacial score (nSPS) is 15.3. The van der Waals surface area contributed by atoms with E-state index in [1.165, 1.54) is 0 Å². The number of fused-ring (bicyclic) bond motifs is 1. The Bertz CT molecular complexity index is 1020. The van der Waals surface area contributed by atoms with E-state index in [1.54, 1.807) is 7.11 Å². The average molecular weight is 407 g/mol. The van der Waals surface area contributed by atoms with Gasteiger partial charge in [-0.1, -0.05) is 31.2 Å². The van der Waals surface area contributed by atoms with Gasteiger partial charge in [0.2, 0.25) is 5.91 Å². The highest BCUT2D eigenvalue weighted by Gasteiger charge is 2.31. The molecule has 1 atom stereocenters. The molecule has 2 N–H and O–H groups in total. The van der Waals surface area contributed by atoms with Gasteiger partial charge >= 0.3 is 0 Å². The summed E-state index contributed by atoms with van der Waals surface area (Å²) < 4.78 is 17.1. The Balaban J connectivity index is 1.49. The lowest BCUT2D eigenvalue weighted by Crippen LogP contribution is -2.23. The third kappa shape index (κ3) is 4.10. The van der Waals surface area contributed by atoms with Crippen LogP contribution in [0.4, 0.5) is 5.82 Å². The molecular weight excluding hydrogens is 382 g/mol. The molecule has 1 aliphatic rings. The van der Waals surface area contributed by atoms with Gasteiger partial charge in [-0.05, 0) is 36.2 Å². The molecule has 1 aliphatic heterocycles. The van der Waals surface area contributed by atoms with Gasteiger partial charge in [-0.3, -0.25) is 9.89 Å². The quantitative estimate of drug-likeness (QED) is 0.553. The summed E-state index contributed by atoms with van der Waals surface area (Å²) in [6.07, 6.45) is 1.18. The van der Waals surface area contributed by atoms with Crippen molar-refractivity contribution in [2.75, 3.05) is 25.6 Å². The number of nitrogens with zero attached hydrogens (tertiary/aromatic N) is 1. The Morgan fingerprint density at radius 1 is 1.07 bits per heavy atom. The van der Waals surface area contributed by atoms with Gasteiger partial charge in [0.15, 0.2) is 17.3 Å². The molecule has 156 valence electrons. The first-order valence-electron chi connectivity index (χ1n) is 10.0. The highest BCUT2D eigenvalue weighted by atomic mass is 16.5. The Hall–Kier alpha value is -3.48. The Morgan fingerprint density at radius 3 is 2.63 bits per heavy atom. The maximum atomic E-state index is 12.2. The van der Waals surface area contributed by atoms with Gasteiger partial charge in [0.1, 0.15) is 19.0 Å². The van der Waals surface area contributed by atoms with E-state index in [0.29, 0.717) is 37.0 Å². The molecule has 0 radical (unpaired) electrons. The predicted octanol–water partition coefficient (Wildman–Crippen LogP) is 3.91. The number of aromatic nitrogens is 2. The number of carbonyl (C=O) groups excluding carboxylic acids is 1. The Morgan fingerprint density at radius 2 is 1.87 bits per heavy atom. The summed E-state index contributed by atoms with van der Waals surface area (Å²) in [5.74, 6) is 2.57. The summed E-state index contributed by atoms with van der Waals surface area (Å²) >= 11 is 0. The fourth-order valence-corrected chi connectivity index (χ4v) is 3.73. The molecule has 30 heavy (non-hydrogen) atoms. The van der Waals surface area contributed by atoms with Crippen LogP contribution in [0.25, 0.3) is 0 Å². The van der Waals surface area contributed by atoms with Crippen LogP contribution in [0.15, 0.2) is 48.5 Å². The number of amides is 1. The van der Waals surface area contributed by atoms with Crippen LogP contribution in [0.1, 0.15) is 36.1 Å². The minimum atomic E-state index is -0.0770. The van der Waals surface area contributed by atoms with E-state index in [4.69, 9.17) is 14.2 Å². The number of nitrogens with one attached hydrogen (secondary N) is 2. The van der Waals surface area contributed by atoms with Crippen molar-refractivity contribution in [1.82, 2.24) is 10.2 Å². The number of hydrogen-bond acceptors (Lipinski definition) is 5. The minimum Gasteiger partial charge on any atom is -0.493 e. The van der Waals surface area contributed by atoms with Gasteiger partial charge in [0.25, 0.3) is 0 Å². The number of aryl methyl sites for hydroxylation is 1. The molecule has 0 aliphatic carbocycles. The van der Waals surface area contributed by atoms with E-state index in [2.05, 4.69) is 22.4 Å². The summed E-state index contributed by atoms with van der Waals surface area (Å²) in [5.41, 5.74) is 3.07. The topological polar surface area (TPSA) is 85.5 Å². The molecule has 0 saturated heterocycles. The van der Waals surface area contributed by atoms with Gasteiger partial charge in [-0.2, -0.15) is 5.10 Å². The van der Waals surface area contributed by atoms with Gasteiger partial charge in [-0.25, -0.2) is 0 Å². The van der Waals surface area contributed by atoms with Crippen molar-refractivity contribution in [3.05, 3.63) is 65.4 Å². The fraction of sp³-hybridized carbons (Fsp3) is 0.304. The first-order valence-corrected chi connectivity index (χ1v) is 10.0. The molecule has 0 fully saturated rings. The van der Waals surface area contributed by atoms with Crippen LogP contribution in [0.3, 0.4) is 0 Å². The van der Waals surface area contributed by atoms with Crippen LogP contribution in [0, 0.1) is 0 Å². The number of aromatic amines is 1. The maximum Gasteiger partial charge on any atom is 0.226 e. The summed E-state index contributed by atoms with van der Waals surface area (Å²) in [6, 6.07) is 15.4. The summed E-state index contributed by atoms with van der Waals surface area (Å²) in [7, 11) is 1.61. The molecule has 7 heteroatoms. The van der Waals surface area contributed by atoms with Gasteiger partial charge in [-0.15, -0.1) is 0 Å². The minimum absolute atomic E-state index is 0.0426. The monoisotopic (exact) mass is 407 g/mol. The second-order valence-corrected chi connectivity index (χ2v) is 7.04. The molecule has 7 nitrogen and oxygen atoms in total. The first-order chi connectivity index (χ1) is 14.7. The lowest BCUT2D eigenvalue weighted by atomic mass is 9.85. The second-order valence-electron chi connectivity index (χ2n) is 7.04. The molecule has 0 bridgehead atoms. The Kier molecular flexibility index (Phi) is 5.88. The molecule has 0 saturated carbocycles. The largest absolute Gasteiger partial charge is 0.493 e. The molecule has 4 rings (SSSR count). The zero-order valence-corrected chi connectivity index (χ0v) is 17.1. The standard InChI is InChI=1S/C23H25N3O4/c1-3-18-22-17(14-21(27)24-23(22)26-25-18)15-9-10-19(20(13-15)28-2)30-12-11-29-16-7-5-4-6-8-16/h4-10,13,17H,3,11-12,14H2,1-2H3,(H2,24,25,26,27). The average Bonchev–Trinajstić information content (AvgIpc) is 3.19. The van der Waals surface area contributed by atoms with Crippen molar-refractivity contribution in [2.45, 2.75) is 25.7 Å². The predicted molar refractivity (Wildman–Crippen MR) is 113 cm³/mol. The molecule has 3 aromatic rings. The van der Waals surface area contributed by atoms with E-state index in [-0.39, 0.29) is 11.8 Å². The Labute approximate surface area is 175 Å². The van der Waals surface area contributed by atoms with E-state index in [9.17, 15) is 4.79 Å². The van der Waals surface area contributed by atoms with Crippen LogP contribution >= 0.6 is 0 Å². The van der Waals surface area contributed by atoms with Crippen LogP contribution in [0.5, 0.6) is 17.2 Å². The van der Waals surface area contributed by atoms with E-state index >= 15 is 0 Å². The molecule has 1 aromatic heterocycles. The van der Waals surface area contributed by atoms with E-state index in [0.717, 1.165) is 29.0 Å². The molecular formula is C23H25N3O4. The highest BCUT2D eigenvalue weighted by molar-refractivity contribution is 5.94. The molecule has 1 amide bonds.